The lowest BCUT2D eigenvalue weighted by Crippen LogP contribution is -2.14. The maximum Gasteiger partial charge on any atom is 0.230 e. The molecule has 9 heteroatoms. The van der Waals surface area contributed by atoms with Crippen LogP contribution in [0.4, 0.5) is 10.3 Å². The van der Waals surface area contributed by atoms with Crippen LogP contribution in [-0.4, -0.2) is 33.3 Å². The van der Waals surface area contributed by atoms with Gasteiger partial charge in [0.05, 0.1) is 6.42 Å². The average Bonchev–Trinajstić information content (AvgIpc) is 3.28. The first-order valence-electron chi connectivity index (χ1n) is 8.80. The molecule has 2 N–H and O–H groups in total. The van der Waals surface area contributed by atoms with Crippen LogP contribution in [0.2, 0.25) is 0 Å². The lowest BCUT2D eigenvalue weighted by atomic mass is 10.1. The van der Waals surface area contributed by atoms with Gasteiger partial charge >= 0.3 is 0 Å². The van der Waals surface area contributed by atoms with Crippen LogP contribution in [0.5, 0.6) is 0 Å². The largest absolute Gasteiger partial charge is 0.363 e. The van der Waals surface area contributed by atoms with Gasteiger partial charge in [-0.25, -0.2) is 0 Å². The van der Waals surface area contributed by atoms with Gasteiger partial charge in [-0.2, -0.15) is 0 Å². The van der Waals surface area contributed by atoms with Crippen molar-refractivity contribution in [3.63, 3.8) is 0 Å². The van der Waals surface area contributed by atoms with Crippen molar-refractivity contribution in [3.8, 4) is 0 Å². The zero-order valence-corrected chi connectivity index (χ0v) is 17.0. The molecule has 0 atom stereocenters. The minimum atomic E-state index is -0.0695. The molecule has 3 rings (SSSR count). The van der Waals surface area contributed by atoms with Gasteiger partial charge in [-0.3, -0.25) is 4.79 Å². The zero-order valence-electron chi connectivity index (χ0n) is 15.4. The molecular weight excluding hydrogens is 380 g/mol. The normalized spacial score (nSPS) is 10.7. The Kier molecular flexibility index (Phi) is 6.83. The van der Waals surface area contributed by atoms with Crippen molar-refractivity contribution in [2.24, 2.45) is 0 Å². The number of amides is 1. The summed E-state index contributed by atoms with van der Waals surface area (Å²) >= 11 is 3.02. The Labute approximate surface area is 166 Å². The molecule has 2 aromatic heterocycles. The molecule has 0 saturated heterocycles. The zero-order chi connectivity index (χ0) is 19.1. The lowest BCUT2D eigenvalue weighted by molar-refractivity contribution is -0.115. The van der Waals surface area contributed by atoms with Gasteiger partial charge in [-0.05, 0) is 25.3 Å². The van der Waals surface area contributed by atoms with Crippen molar-refractivity contribution in [2.75, 3.05) is 17.7 Å². The number of aryl methyl sites for hydroxylation is 3. The van der Waals surface area contributed by atoms with Gasteiger partial charge in [0.1, 0.15) is 10.0 Å². The number of rotatable bonds is 9. The van der Waals surface area contributed by atoms with Crippen LogP contribution in [-0.2, 0) is 24.1 Å². The molecule has 7 nitrogen and oxygen atoms in total. The molecule has 0 saturated carbocycles. The fraction of sp³-hybridized carbons (Fsp3) is 0.389. The Morgan fingerprint density at radius 2 is 1.67 bits per heavy atom. The molecule has 0 bridgehead atoms. The van der Waals surface area contributed by atoms with E-state index >= 15 is 0 Å². The molecule has 0 fully saturated rings. The summed E-state index contributed by atoms with van der Waals surface area (Å²) in [6, 6.07) is 7.95. The van der Waals surface area contributed by atoms with Gasteiger partial charge in [0, 0.05) is 19.9 Å². The summed E-state index contributed by atoms with van der Waals surface area (Å²) in [6.45, 7) is 2.02. The van der Waals surface area contributed by atoms with E-state index in [9.17, 15) is 4.79 Å². The molecule has 0 spiro atoms. The number of nitrogens with zero attached hydrogens (tertiary/aromatic N) is 4. The van der Waals surface area contributed by atoms with Crippen LogP contribution in [0.25, 0.3) is 0 Å². The SMILES string of the molecule is CNc1nnc(CCCCc2nnc(NC(=O)Cc3cccc(C)c3)s2)s1. The number of unbranched alkanes of at least 4 members (excludes halogenated alkanes) is 1. The highest BCUT2D eigenvalue weighted by Crippen LogP contribution is 2.20. The van der Waals surface area contributed by atoms with Crippen LogP contribution in [0.3, 0.4) is 0 Å². The van der Waals surface area contributed by atoms with E-state index in [1.54, 1.807) is 11.3 Å². The lowest BCUT2D eigenvalue weighted by Gasteiger charge is -2.02. The number of aromatic nitrogens is 4. The molecule has 142 valence electrons. The fourth-order valence-electron chi connectivity index (χ4n) is 2.58. The highest BCUT2D eigenvalue weighted by Gasteiger charge is 2.09. The quantitative estimate of drug-likeness (QED) is 0.532. The molecule has 1 amide bonds. The van der Waals surface area contributed by atoms with E-state index in [0.29, 0.717) is 11.6 Å². The van der Waals surface area contributed by atoms with E-state index in [2.05, 4.69) is 31.0 Å². The Balaban J connectivity index is 1.40. The molecule has 0 aliphatic heterocycles. The summed E-state index contributed by atoms with van der Waals surface area (Å²) in [4.78, 5) is 12.2. The highest BCUT2D eigenvalue weighted by atomic mass is 32.1. The van der Waals surface area contributed by atoms with E-state index in [-0.39, 0.29) is 5.91 Å². The van der Waals surface area contributed by atoms with Gasteiger partial charge in [-0.1, -0.05) is 52.5 Å². The molecule has 0 aliphatic carbocycles. The Hall–Kier alpha value is -2.39. The fourth-order valence-corrected chi connectivity index (χ4v) is 4.12. The van der Waals surface area contributed by atoms with Gasteiger partial charge in [0.15, 0.2) is 0 Å². The number of hydrogen-bond acceptors (Lipinski definition) is 8. The molecule has 0 radical (unpaired) electrons. The maximum absolute atomic E-state index is 12.2. The predicted octanol–water partition coefficient (Wildman–Crippen LogP) is 3.49. The standard InChI is InChI=1S/C18H22N6OS2/c1-12-6-5-7-13(10-12)11-14(25)20-18-24-22-16(27-18)9-4-3-8-15-21-23-17(19-2)26-15/h5-7,10H,3-4,8-9,11H2,1-2H3,(H,19,23)(H,20,24,25). The van der Waals surface area contributed by atoms with E-state index in [4.69, 9.17) is 0 Å². The van der Waals surface area contributed by atoms with Crippen molar-refractivity contribution >= 4 is 38.8 Å². The van der Waals surface area contributed by atoms with E-state index in [1.165, 1.54) is 11.3 Å². The van der Waals surface area contributed by atoms with E-state index in [0.717, 1.165) is 52.0 Å². The first-order valence-corrected chi connectivity index (χ1v) is 10.4. The van der Waals surface area contributed by atoms with Crippen LogP contribution < -0.4 is 10.6 Å². The number of carbonyl (C=O) groups excluding carboxylic acids is 1. The summed E-state index contributed by atoms with van der Waals surface area (Å²) in [5, 5.41) is 25.6. The second-order valence-electron chi connectivity index (χ2n) is 6.17. The number of carbonyl (C=O) groups is 1. The molecule has 1 aromatic carbocycles. The monoisotopic (exact) mass is 402 g/mol. The molecule has 0 unspecified atom stereocenters. The van der Waals surface area contributed by atoms with E-state index < -0.39 is 0 Å². The third-order valence-corrected chi connectivity index (χ3v) is 5.77. The van der Waals surface area contributed by atoms with Crippen molar-refractivity contribution < 1.29 is 4.79 Å². The number of anilines is 2. The van der Waals surface area contributed by atoms with Gasteiger partial charge in [-0.15, -0.1) is 20.4 Å². The van der Waals surface area contributed by atoms with Crippen molar-refractivity contribution in [1.82, 2.24) is 20.4 Å². The smallest absolute Gasteiger partial charge is 0.230 e. The van der Waals surface area contributed by atoms with Gasteiger partial charge in [0.25, 0.3) is 0 Å². The van der Waals surface area contributed by atoms with Crippen molar-refractivity contribution in [1.29, 1.82) is 0 Å². The number of benzene rings is 1. The minimum Gasteiger partial charge on any atom is -0.363 e. The second kappa shape index (κ2) is 9.52. The van der Waals surface area contributed by atoms with Gasteiger partial charge in [0.2, 0.25) is 16.2 Å². The minimum absolute atomic E-state index is 0.0695. The molecule has 3 aromatic rings. The van der Waals surface area contributed by atoms with Crippen molar-refractivity contribution in [2.45, 2.75) is 39.0 Å². The number of hydrogen-bond donors (Lipinski definition) is 2. The van der Waals surface area contributed by atoms with Gasteiger partial charge < -0.3 is 10.6 Å². The predicted molar refractivity (Wildman–Crippen MR) is 110 cm³/mol. The molecular formula is C18H22N6OS2. The van der Waals surface area contributed by atoms with Crippen LogP contribution in [0, 0.1) is 6.92 Å². The van der Waals surface area contributed by atoms with Crippen LogP contribution in [0.1, 0.15) is 34.0 Å². The summed E-state index contributed by atoms with van der Waals surface area (Å²) in [6.07, 6.45) is 4.13. The summed E-state index contributed by atoms with van der Waals surface area (Å²) < 4.78 is 0. The van der Waals surface area contributed by atoms with Crippen LogP contribution >= 0.6 is 22.7 Å². The molecule has 27 heavy (non-hydrogen) atoms. The Morgan fingerprint density at radius 1 is 1.00 bits per heavy atom. The molecule has 0 aliphatic rings. The van der Waals surface area contributed by atoms with Crippen LogP contribution in [0.15, 0.2) is 24.3 Å². The second-order valence-corrected chi connectivity index (χ2v) is 8.30. The maximum atomic E-state index is 12.2. The van der Waals surface area contributed by atoms with E-state index in [1.807, 2.05) is 38.2 Å². The summed E-state index contributed by atoms with van der Waals surface area (Å²) in [5.41, 5.74) is 2.14. The van der Waals surface area contributed by atoms with Crippen molar-refractivity contribution in [3.05, 3.63) is 45.4 Å². The first kappa shape index (κ1) is 19.4. The summed E-state index contributed by atoms with van der Waals surface area (Å²) in [5.74, 6) is -0.0695. The third-order valence-electron chi connectivity index (χ3n) is 3.87. The first-order chi connectivity index (χ1) is 13.1. The number of nitrogens with one attached hydrogen (secondary N) is 2. The molecule has 2 heterocycles. The Morgan fingerprint density at radius 3 is 2.30 bits per heavy atom. The third kappa shape index (κ3) is 6.07. The Bertz CT molecular complexity index is 891. The summed E-state index contributed by atoms with van der Waals surface area (Å²) in [7, 11) is 1.84. The average molecular weight is 403 g/mol. The topological polar surface area (TPSA) is 92.7 Å². The highest BCUT2D eigenvalue weighted by molar-refractivity contribution is 7.15.